The second-order valence-corrected chi connectivity index (χ2v) is 4.92. The Morgan fingerprint density at radius 2 is 2.00 bits per heavy atom. The summed E-state index contributed by atoms with van der Waals surface area (Å²) in [6, 6.07) is 4.43. The SMILES string of the molecule is COc1ccc(N2CCN(C(=O)[C@@H](C)N)CC2)cc1F. The van der Waals surface area contributed by atoms with E-state index in [-0.39, 0.29) is 17.5 Å². The fourth-order valence-electron chi connectivity index (χ4n) is 2.33. The van der Waals surface area contributed by atoms with Crippen LogP contribution in [0.5, 0.6) is 5.75 Å². The van der Waals surface area contributed by atoms with Crippen molar-refractivity contribution < 1.29 is 13.9 Å². The van der Waals surface area contributed by atoms with Crippen LogP contribution >= 0.6 is 0 Å². The smallest absolute Gasteiger partial charge is 0.239 e. The molecule has 2 N–H and O–H groups in total. The number of rotatable bonds is 3. The summed E-state index contributed by atoms with van der Waals surface area (Å²) in [6.07, 6.45) is 0. The number of nitrogens with zero attached hydrogens (tertiary/aromatic N) is 2. The van der Waals surface area contributed by atoms with Crippen molar-refractivity contribution in [1.82, 2.24) is 4.90 Å². The molecule has 6 heteroatoms. The third kappa shape index (κ3) is 3.01. The Balaban J connectivity index is 2.00. The van der Waals surface area contributed by atoms with Crippen LogP contribution in [-0.4, -0.2) is 50.1 Å². The summed E-state index contributed by atoms with van der Waals surface area (Å²) in [5.74, 6) is -0.177. The summed E-state index contributed by atoms with van der Waals surface area (Å²) in [6.45, 7) is 4.24. The van der Waals surface area contributed by atoms with Crippen LogP contribution in [-0.2, 0) is 4.79 Å². The predicted molar refractivity (Wildman–Crippen MR) is 75.4 cm³/mol. The first-order chi connectivity index (χ1) is 9.52. The quantitative estimate of drug-likeness (QED) is 0.891. The Labute approximate surface area is 118 Å². The third-order valence-corrected chi connectivity index (χ3v) is 3.48. The normalized spacial score (nSPS) is 17.0. The molecular formula is C14H20FN3O2. The lowest BCUT2D eigenvalue weighted by atomic mass is 10.2. The van der Waals surface area contributed by atoms with Crippen molar-refractivity contribution in [3.8, 4) is 5.75 Å². The summed E-state index contributed by atoms with van der Waals surface area (Å²) in [5.41, 5.74) is 6.40. The summed E-state index contributed by atoms with van der Waals surface area (Å²) in [4.78, 5) is 15.6. The Hall–Kier alpha value is -1.82. The molecule has 1 heterocycles. The molecule has 0 aliphatic carbocycles. The molecule has 0 aromatic heterocycles. The topological polar surface area (TPSA) is 58.8 Å². The van der Waals surface area contributed by atoms with Crippen LogP contribution in [0.1, 0.15) is 6.92 Å². The lowest BCUT2D eigenvalue weighted by Crippen LogP contribution is -2.52. The Bertz CT molecular complexity index is 485. The summed E-state index contributed by atoms with van der Waals surface area (Å²) < 4.78 is 18.6. The maximum atomic E-state index is 13.7. The molecule has 1 aliphatic heterocycles. The highest BCUT2D eigenvalue weighted by molar-refractivity contribution is 5.81. The maximum absolute atomic E-state index is 13.7. The van der Waals surface area contributed by atoms with Gasteiger partial charge in [-0.3, -0.25) is 4.79 Å². The van der Waals surface area contributed by atoms with Crippen LogP contribution in [0.25, 0.3) is 0 Å². The first-order valence-corrected chi connectivity index (χ1v) is 6.65. The fraction of sp³-hybridized carbons (Fsp3) is 0.500. The van der Waals surface area contributed by atoms with Crippen LogP contribution in [0.4, 0.5) is 10.1 Å². The number of hydrogen-bond acceptors (Lipinski definition) is 4. The van der Waals surface area contributed by atoms with Crippen molar-refractivity contribution in [1.29, 1.82) is 0 Å². The van der Waals surface area contributed by atoms with E-state index in [0.717, 1.165) is 5.69 Å². The van der Waals surface area contributed by atoms with E-state index in [9.17, 15) is 9.18 Å². The number of anilines is 1. The standard InChI is InChI=1S/C14H20FN3O2/c1-10(16)14(19)18-7-5-17(6-8-18)11-3-4-13(20-2)12(15)9-11/h3-4,9-10H,5-8,16H2,1-2H3/t10-/m1/s1. The van der Waals surface area contributed by atoms with Crippen molar-refractivity contribution in [2.75, 3.05) is 38.2 Å². The molecule has 2 rings (SSSR count). The maximum Gasteiger partial charge on any atom is 0.239 e. The van der Waals surface area contributed by atoms with Crippen LogP contribution < -0.4 is 15.4 Å². The predicted octanol–water partition coefficient (Wildman–Crippen LogP) is 0.830. The first-order valence-electron chi connectivity index (χ1n) is 6.65. The van der Waals surface area contributed by atoms with Gasteiger partial charge in [0.1, 0.15) is 0 Å². The van der Waals surface area contributed by atoms with Gasteiger partial charge in [-0.15, -0.1) is 0 Å². The molecule has 1 fully saturated rings. The van der Waals surface area contributed by atoms with Crippen molar-refractivity contribution in [3.05, 3.63) is 24.0 Å². The molecule has 110 valence electrons. The number of nitrogens with two attached hydrogens (primary N) is 1. The zero-order chi connectivity index (χ0) is 14.7. The molecule has 0 spiro atoms. The van der Waals surface area contributed by atoms with E-state index in [4.69, 9.17) is 10.5 Å². The number of amides is 1. The monoisotopic (exact) mass is 281 g/mol. The average molecular weight is 281 g/mol. The molecule has 5 nitrogen and oxygen atoms in total. The van der Waals surface area contributed by atoms with Gasteiger partial charge in [-0.2, -0.15) is 0 Å². The minimum absolute atomic E-state index is 0.0365. The second kappa shape index (κ2) is 6.09. The van der Waals surface area contributed by atoms with Gasteiger partial charge in [-0.05, 0) is 19.1 Å². The number of carbonyl (C=O) groups excluding carboxylic acids is 1. The largest absolute Gasteiger partial charge is 0.494 e. The zero-order valence-corrected chi connectivity index (χ0v) is 11.8. The molecule has 1 aliphatic rings. The van der Waals surface area contributed by atoms with E-state index in [1.807, 2.05) is 11.0 Å². The van der Waals surface area contributed by atoms with E-state index in [0.29, 0.717) is 26.2 Å². The fourth-order valence-corrected chi connectivity index (χ4v) is 2.33. The van der Waals surface area contributed by atoms with Gasteiger partial charge >= 0.3 is 0 Å². The van der Waals surface area contributed by atoms with Crippen LogP contribution in [0.3, 0.4) is 0 Å². The van der Waals surface area contributed by atoms with Gasteiger partial charge in [0.25, 0.3) is 0 Å². The van der Waals surface area contributed by atoms with Gasteiger partial charge < -0.3 is 20.3 Å². The van der Waals surface area contributed by atoms with Crippen molar-refractivity contribution in [3.63, 3.8) is 0 Å². The molecule has 0 radical (unpaired) electrons. The number of halogens is 1. The number of hydrogen-bond donors (Lipinski definition) is 1. The van der Waals surface area contributed by atoms with Gasteiger partial charge in [-0.25, -0.2) is 4.39 Å². The van der Waals surface area contributed by atoms with E-state index in [1.54, 1.807) is 17.9 Å². The van der Waals surface area contributed by atoms with Crippen LogP contribution in [0, 0.1) is 5.82 Å². The molecule has 20 heavy (non-hydrogen) atoms. The minimum Gasteiger partial charge on any atom is -0.494 e. The highest BCUT2D eigenvalue weighted by Gasteiger charge is 2.23. The molecule has 0 saturated carbocycles. The van der Waals surface area contributed by atoms with Gasteiger partial charge in [-0.1, -0.05) is 0 Å². The minimum atomic E-state index is -0.472. The highest BCUT2D eigenvalue weighted by Crippen LogP contribution is 2.24. The molecule has 1 saturated heterocycles. The van der Waals surface area contributed by atoms with Crippen LogP contribution in [0.15, 0.2) is 18.2 Å². The van der Waals surface area contributed by atoms with Crippen LogP contribution in [0.2, 0.25) is 0 Å². The first kappa shape index (κ1) is 14.6. The molecule has 1 aromatic carbocycles. The van der Waals surface area contributed by atoms with Gasteiger partial charge in [0.2, 0.25) is 5.91 Å². The number of ether oxygens (including phenoxy) is 1. The summed E-state index contributed by atoms with van der Waals surface area (Å²) in [7, 11) is 1.44. The third-order valence-electron chi connectivity index (χ3n) is 3.48. The van der Waals surface area contributed by atoms with Crippen molar-refractivity contribution in [2.24, 2.45) is 5.73 Å². The Kier molecular flexibility index (Phi) is 4.44. The summed E-state index contributed by atoms with van der Waals surface area (Å²) >= 11 is 0. The van der Waals surface area contributed by atoms with Gasteiger partial charge in [0, 0.05) is 37.9 Å². The lowest BCUT2D eigenvalue weighted by molar-refractivity contribution is -0.132. The van der Waals surface area contributed by atoms with E-state index in [2.05, 4.69) is 0 Å². The number of carbonyl (C=O) groups is 1. The van der Waals surface area contributed by atoms with Crippen molar-refractivity contribution in [2.45, 2.75) is 13.0 Å². The molecule has 1 atom stereocenters. The zero-order valence-electron chi connectivity index (χ0n) is 11.8. The molecule has 1 amide bonds. The molecule has 0 bridgehead atoms. The second-order valence-electron chi connectivity index (χ2n) is 4.92. The Morgan fingerprint density at radius 3 is 2.50 bits per heavy atom. The lowest BCUT2D eigenvalue weighted by Gasteiger charge is -2.36. The Morgan fingerprint density at radius 1 is 1.35 bits per heavy atom. The number of piperazine rings is 1. The molecule has 1 aromatic rings. The van der Waals surface area contributed by atoms with E-state index in [1.165, 1.54) is 13.2 Å². The molecule has 0 unspecified atom stereocenters. The summed E-state index contributed by atoms with van der Waals surface area (Å²) in [5, 5.41) is 0. The van der Waals surface area contributed by atoms with Crippen molar-refractivity contribution >= 4 is 11.6 Å². The highest BCUT2D eigenvalue weighted by atomic mass is 19.1. The van der Waals surface area contributed by atoms with Gasteiger partial charge in [0.05, 0.1) is 13.2 Å². The average Bonchev–Trinajstić information content (AvgIpc) is 2.46. The number of benzene rings is 1. The van der Waals surface area contributed by atoms with E-state index < -0.39 is 6.04 Å². The number of methoxy groups -OCH3 is 1. The molecular weight excluding hydrogens is 261 g/mol. The van der Waals surface area contributed by atoms with E-state index >= 15 is 0 Å². The van der Waals surface area contributed by atoms with Gasteiger partial charge in [0.15, 0.2) is 11.6 Å².